The molecule has 1 amide bonds. The van der Waals surface area contributed by atoms with Crippen molar-refractivity contribution in [3.8, 4) is 0 Å². The molecule has 1 aliphatic rings. The topological polar surface area (TPSA) is 159 Å². The van der Waals surface area contributed by atoms with Crippen LogP contribution in [0.25, 0.3) is 0 Å². The van der Waals surface area contributed by atoms with Gasteiger partial charge in [0, 0.05) is 18.6 Å². The summed E-state index contributed by atoms with van der Waals surface area (Å²) < 4.78 is 1.48. The molecule has 164 valence electrons. The van der Waals surface area contributed by atoms with E-state index in [-0.39, 0.29) is 5.70 Å². The number of nitrogens with one attached hydrogen (secondary N) is 2. The van der Waals surface area contributed by atoms with Gasteiger partial charge < -0.3 is 25.6 Å². The van der Waals surface area contributed by atoms with E-state index >= 15 is 0 Å². The number of carboxylic acid groups (broad SMARTS) is 1. The third kappa shape index (κ3) is 5.62. The maximum atomic E-state index is 12.4. The van der Waals surface area contributed by atoms with Gasteiger partial charge in [0.05, 0.1) is 0 Å². The van der Waals surface area contributed by atoms with E-state index in [1.807, 2.05) is 0 Å². The van der Waals surface area contributed by atoms with Crippen LogP contribution in [0.2, 0.25) is 0 Å². The number of benzene rings is 1. The van der Waals surface area contributed by atoms with Crippen molar-refractivity contribution >= 4 is 41.7 Å². The molecule has 2 heterocycles. The summed E-state index contributed by atoms with van der Waals surface area (Å²) in [6.07, 6.45) is -0.927. The van der Waals surface area contributed by atoms with Crippen LogP contribution in [-0.4, -0.2) is 71.5 Å². The number of amides is 1. The van der Waals surface area contributed by atoms with Crippen LogP contribution in [0.1, 0.15) is 11.7 Å². The van der Waals surface area contributed by atoms with Gasteiger partial charge in [0.2, 0.25) is 5.16 Å². The SMILES string of the molecule is Cn1nnnc1SCC1=C(C(=O)O)NC(C(C=O)NC(=O)C(O)c2ccccc2)SC1. The monoisotopic (exact) mass is 464 g/mol. The highest BCUT2D eigenvalue weighted by molar-refractivity contribution is 8.00. The van der Waals surface area contributed by atoms with Gasteiger partial charge in [0.1, 0.15) is 23.4 Å². The van der Waals surface area contributed by atoms with Crippen molar-refractivity contribution in [3.05, 3.63) is 47.2 Å². The molecule has 11 nitrogen and oxygen atoms in total. The number of rotatable bonds is 9. The molecule has 3 rings (SSSR count). The lowest BCUT2D eigenvalue weighted by molar-refractivity contribution is -0.133. The second kappa shape index (κ2) is 10.4. The van der Waals surface area contributed by atoms with E-state index in [9.17, 15) is 24.6 Å². The number of carboxylic acids is 1. The number of hydrogen-bond acceptors (Lipinski definition) is 10. The van der Waals surface area contributed by atoms with E-state index < -0.39 is 29.4 Å². The Morgan fingerprint density at radius 3 is 2.77 bits per heavy atom. The van der Waals surface area contributed by atoms with Gasteiger partial charge in [-0.1, -0.05) is 42.1 Å². The molecule has 1 aliphatic heterocycles. The Bertz CT molecular complexity index is 983. The van der Waals surface area contributed by atoms with E-state index in [1.165, 1.54) is 28.2 Å². The van der Waals surface area contributed by atoms with Crippen molar-refractivity contribution in [2.45, 2.75) is 22.7 Å². The fraction of sp³-hybridized carbons (Fsp3) is 0.333. The normalized spacial score (nSPS) is 18.1. The summed E-state index contributed by atoms with van der Waals surface area (Å²) in [4.78, 5) is 35.8. The minimum atomic E-state index is -1.45. The molecule has 13 heteroatoms. The van der Waals surface area contributed by atoms with E-state index in [2.05, 4.69) is 26.2 Å². The zero-order valence-corrected chi connectivity index (χ0v) is 18.0. The molecule has 0 radical (unpaired) electrons. The number of aromatic nitrogens is 4. The van der Waals surface area contributed by atoms with Gasteiger partial charge in [-0.15, -0.1) is 16.9 Å². The number of thioether (sulfide) groups is 2. The zero-order valence-electron chi connectivity index (χ0n) is 16.3. The molecule has 1 aromatic heterocycles. The minimum absolute atomic E-state index is 0.0314. The molecule has 2 aromatic rings. The summed E-state index contributed by atoms with van der Waals surface area (Å²) in [5, 5.41) is 36.1. The first-order chi connectivity index (χ1) is 14.9. The number of carbonyl (C=O) groups excluding carboxylic acids is 2. The van der Waals surface area contributed by atoms with Crippen LogP contribution in [0.3, 0.4) is 0 Å². The van der Waals surface area contributed by atoms with Crippen LogP contribution in [0.15, 0.2) is 46.8 Å². The molecule has 3 atom stereocenters. The Morgan fingerprint density at radius 2 is 2.16 bits per heavy atom. The van der Waals surface area contributed by atoms with Crippen molar-refractivity contribution < 1.29 is 24.6 Å². The van der Waals surface area contributed by atoms with Crippen LogP contribution >= 0.6 is 23.5 Å². The van der Waals surface area contributed by atoms with Crippen molar-refractivity contribution in [2.24, 2.45) is 7.05 Å². The molecule has 0 bridgehead atoms. The van der Waals surface area contributed by atoms with Crippen molar-refractivity contribution in [1.29, 1.82) is 0 Å². The van der Waals surface area contributed by atoms with E-state index in [4.69, 9.17) is 0 Å². The van der Waals surface area contributed by atoms with Crippen LogP contribution < -0.4 is 10.6 Å². The molecule has 4 N–H and O–H groups in total. The fourth-order valence-corrected chi connectivity index (χ4v) is 4.94. The minimum Gasteiger partial charge on any atom is -0.477 e. The molecular formula is C18H20N6O5S2. The van der Waals surface area contributed by atoms with Gasteiger partial charge >= 0.3 is 5.97 Å². The molecule has 3 unspecified atom stereocenters. The zero-order chi connectivity index (χ0) is 22.4. The van der Waals surface area contributed by atoms with Gasteiger partial charge in [-0.25, -0.2) is 9.48 Å². The molecule has 0 saturated heterocycles. The predicted molar refractivity (Wildman–Crippen MR) is 113 cm³/mol. The first-order valence-electron chi connectivity index (χ1n) is 9.08. The highest BCUT2D eigenvalue weighted by Crippen LogP contribution is 2.28. The third-order valence-electron chi connectivity index (χ3n) is 4.39. The van der Waals surface area contributed by atoms with E-state index in [0.717, 1.165) is 0 Å². The van der Waals surface area contributed by atoms with E-state index in [1.54, 1.807) is 37.4 Å². The third-order valence-corrected chi connectivity index (χ3v) is 6.78. The lowest BCUT2D eigenvalue weighted by Gasteiger charge is -2.31. The number of aliphatic carboxylic acids is 1. The van der Waals surface area contributed by atoms with Crippen molar-refractivity contribution in [1.82, 2.24) is 30.8 Å². The number of aldehydes is 1. The average Bonchev–Trinajstić information content (AvgIpc) is 3.20. The molecule has 1 aromatic carbocycles. The second-order valence-corrected chi connectivity index (χ2v) is 8.59. The molecule has 0 spiro atoms. The Balaban J connectivity index is 1.67. The predicted octanol–water partition coefficient (Wildman–Crippen LogP) is -0.279. The highest BCUT2D eigenvalue weighted by atomic mass is 32.2. The van der Waals surface area contributed by atoms with Crippen LogP contribution in [-0.2, 0) is 21.4 Å². The van der Waals surface area contributed by atoms with Crippen LogP contribution in [0.4, 0.5) is 0 Å². The molecule has 31 heavy (non-hydrogen) atoms. The molecule has 0 fully saturated rings. The Labute approximate surface area is 185 Å². The van der Waals surface area contributed by atoms with Gasteiger partial charge in [-0.05, 0) is 21.6 Å². The van der Waals surface area contributed by atoms with Crippen LogP contribution in [0.5, 0.6) is 0 Å². The van der Waals surface area contributed by atoms with Gasteiger partial charge in [-0.2, -0.15) is 0 Å². The lowest BCUT2D eigenvalue weighted by Crippen LogP contribution is -2.52. The highest BCUT2D eigenvalue weighted by Gasteiger charge is 2.32. The summed E-state index contributed by atoms with van der Waals surface area (Å²) in [7, 11) is 1.68. The number of carbonyl (C=O) groups is 3. The lowest BCUT2D eigenvalue weighted by atomic mass is 10.1. The number of hydrogen-bond donors (Lipinski definition) is 4. The summed E-state index contributed by atoms with van der Waals surface area (Å²) in [5.41, 5.74) is 0.968. The Morgan fingerprint density at radius 1 is 1.42 bits per heavy atom. The number of aryl methyl sites for hydroxylation is 1. The number of aliphatic hydroxyl groups excluding tert-OH is 1. The fourth-order valence-electron chi connectivity index (χ4n) is 2.77. The van der Waals surface area contributed by atoms with E-state index in [0.29, 0.717) is 34.1 Å². The largest absolute Gasteiger partial charge is 0.477 e. The maximum Gasteiger partial charge on any atom is 0.352 e. The number of aliphatic hydroxyl groups is 1. The molecular weight excluding hydrogens is 444 g/mol. The standard InChI is InChI=1S/C18H20N6O5S2/c1-24-18(21-22-23-24)31-9-11-8-30-16(20-13(11)17(28)29)12(7-25)19-15(27)14(26)10-5-3-2-4-6-10/h2-7,12,14,16,20,26H,8-9H2,1H3,(H,19,27)(H,28,29). The summed E-state index contributed by atoms with van der Waals surface area (Å²) in [6, 6.07) is 7.26. The van der Waals surface area contributed by atoms with Gasteiger partial charge in [0.25, 0.3) is 5.91 Å². The first-order valence-corrected chi connectivity index (χ1v) is 11.1. The summed E-state index contributed by atoms with van der Waals surface area (Å²) in [6.45, 7) is 0. The quantitative estimate of drug-likeness (QED) is 0.285. The Hall–Kier alpha value is -2.90. The number of tetrazole rings is 1. The molecule has 0 aliphatic carbocycles. The van der Waals surface area contributed by atoms with Gasteiger partial charge in [-0.3, -0.25) is 4.79 Å². The van der Waals surface area contributed by atoms with Crippen molar-refractivity contribution in [3.63, 3.8) is 0 Å². The number of nitrogens with zero attached hydrogens (tertiary/aromatic N) is 4. The van der Waals surface area contributed by atoms with Crippen LogP contribution in [0, 0.1) is 0 Å². The maximum absolute atomic E-state index is 12.4. The molecule has 0 saturated carbocycles. The van der Waals surface area contributed by atoms with Crippen molar-refractivity contribution in [2.75, 3.05) is 11.5 Å². The van der Waals surface area contributed by atoms with Gasteiger partial charge in [0.15, 0.2) is 6.10 Å². The first kappa shape index (κ1) is 22.8. The second-order valence-electron chi connectivity index (χ2n) is 6.52. The Kier molecular flexibility index (Phi) is 7.65. The summed E-state index contributed by atoms with van der Waals surface area (Å²) >= 11 is 2.57. The average molecular weight is 465 g/mol. The summed E-state index contributed by atoms with van der Waals surface area (Å²) in [5.74, 6) is -1.24. The smallest absolute Gasteiger partial charge is 0.352 e.